The molecular weight excluding hydrogens is 737 g/mol. The van der Waals surface area contributed by atoms with E-state index in [1.807, 2.05) is 36.4 Å². The Balaban J connectivity index is 0.000000208. The van der Waals surface area contributed by atoms with E-state index in [1.165, 1.54) is 0 Å². The van der Waals surface area contributed by atoms with Crippen LogP contribution >= 0.6 is 0 Å². The van der Waals surface area contributed by atoms with Crippen LogP contribution in [0.5, 0.6) is 23.0 Å². The lowest BCUT2D eigenvalue weighted by Gasteiger charge is -2.29. The second kappa shape index (κ2) is 21.8. The number of benzene rings is 2. The van der Waals surface area contributed by atoms with Gasteiger partial charge in [-0.3, -0.25) is 0 Å². The van der Waals surface area contributed by atoms with E-state index >= 15 is 0 Å². The minimum atomic E-state index is -3.03. The zero-order valence-electron chi connectivity index (χ0n) is 32.8. The molecule has 54 heavy (non-hydrogen) atoms. The molecule has 0 radical (unpaired) electrons. The highest BCUT2D eigenvalue weighted by Gasteiger charge is 2.43. The fraction of sp³-hybridized carbons (Fsp3) is 0.684. The quantitative estimate of drug-likeness (QED) is 0.207. The molecule has 16 heteroatoms. The van der Waals surface area contributed by atoms with Crippen molar-refractivity contribution in [2.24, 2.45) is 0 Å². The molecule has 0 spiro atoms. The molecule has 2 aromatic carbocycles. The highest BCUT2D eigenvalue weighted by atomic mass is 28.4. The average molecular weight is 797 g/mol. The van der Waals surface area contributed by atoms with Crippen molar-refractivity contribution in [2.45, 2.75) is 102 Å². The molecule has 4 fully saturated rings. The van der Waals surface area contributed by atoms with Gasteiger partial charge in [-0.25, -0.2) is 0 Å². The van der Waals surface area contributed by atoms with Crippen molar-refractivity contribution in [3.63, 3.8) is 0 Å². The molecule has 14 nitrogen and oxygen atoms in total. The van der Waals surface area contributed by atoms with Crippen molar-refractivity contribution < 1.29 is 64.5 Å². The molecule has 4 atom stereocenters. The molecule has 4 aliphatic rings. The lowest BCUT2D eigenvalue weighted by atomic mass is 10.2. The van der Waals surface area contributed by atoms with Gasteiger partial charge in [0.05, 0.1) is 26.4 Å². The first-order valence-corrected chi connectivity index (χ1v) is 22.6. The molecule has 0 aromatic heterocycles. The third kappa shape index (κ3) is 11.6. The Morgan fingerprint density at radius 2 is 0.778 bits per heavy atom. The standard InChI is InChI=1S/2C19H30O7Si/c1-20-27(21-2,22-3)15-10-11-16(25-18-8-4-6-12-23-18)17(14-15)26-19-9-5-7-13-24-19;1-20-27(21-2,22-3)17-13-15(25-18-8-4-6-10-23-18)12-16(14-17)26-19-9-5-7-11-24-19/h10-11,14,18-19H,4-9,12-13H2,1-3H3;12-14,18-19H,4-11H2,1-3H3. The highest BCUT2D eigenvalue weighted by Crippen LogP contribution is 2.32. The predicted octanol–water partition coefficient (Wildman–Crippen LogP) is 5.17. The van der Waals surface area contributed by atoms with Gasteiger partial charge in [-0.05, 0) is 75.6 Å². The molecule has 2 aromatic rings. The van der Waals surface area contributed by atoms with Gasteiger partial charge in [-0.15, -0.1) is 0 Å². The van der Waals surface area contributed by atoms with Crippen molar-refractivity contribution in [1.29, 1.82) is 0 Å². The van der Waals surface area contributed by atoms with Crippen molar-refractivity contribution in [3.8, 4) is 23.0 Å². The first kappa shape index (κ1) is 42.8. The molecule has 0 saturated carbocycles. The van der Waals surface area contributed by atoms with Crippen LogP contribution in [0.2, 0.25) is 0 Å². The fourth-order valence-electron chi connectivity index (χ4n) is 6.78. The Labute approximate surface area is 322 Å². The number of ether oxygens (including phenoxy) is 8. The van der Waals surface area contributed by atoms with Crippen molar-refractivity contribution in [1.82, 2.24) is 0 Å². The molecule has 4 unspecified atom stereocenters. The first-order chi connectivity index (χ1) is 26.4. The van der Waals surface area contributed by atoms with Crippen LogP contribution in [0, 0.1) is 0 Å². The topological polar surface area (TPSA) is 129 Å². The number of rotatable bonds is 16. The molecule has 0 aliphatic carbocycles. The van der Waals surface area contributed by atoms with Crippen LogP contribution in [0.1, 0.15) is 77.0 Å². The third-order valence-electron chi connectivity index (χ3n) is 9.75. The molecular formula is C38H60O14Si2. The number of hydrogen-bond donors (Lipinski definition) is 0. The summed E-state index contributed by atoms with van der Waals surface area (Å²) in [4.78, 5) is 0. The van der Waals surface area contributed by atoms with E-state index in [0.717, 1.165) is 107 Å². The zero-order chi connectivity index (χ0) is 38.2. The van der Waals surface area contributed by atoms with Gasteiger partial charge in [0.25, 0.3) is 0 Å². The summed E-state index contributed by atoms with van der Waals surface area (Å²) in [6.45, 7) is 2.87. The van der Waals surface area contributed by atoms with Gasteiger partial charge in [-0.1, -0.05) is 6.07 Å². The molecule has 6 rings (SSSR count). The van der Waals surface area contributed by atoms with Crippen LogP contribution in [0.3, 0.4) is 0 Å². The van der Waals surface area contributed by atoms with E-state index in [4.69, 9.17) is 64.5 Å². The maximum atomic E-state index is 6.15. The van der Waals surface area contributed by atoms with Crippen LogP contribution in [0.15, 0.2) is 36.4 Å². The largest absolute Gasteiger partial charge is 0.536 e. The van der Waals surface area contributed by atoms with Crippen LogP contribution in [-0.4, -0.2) is 112 Å². The Hall–Kier alpha value is -2.33. The Morgan fingerprint density at radius 3 is 1.15 bits per heavy atom. The summed E-state index contributed by atoms with van der Waals surface area (Å²) in [5, 5.41) is 1.58. The van der Waals surface area contributed by atoms with E-state index in [1.54, 1.807) is 42.7 Å². The number of hydrogen-bond acceptors (Lipinski definition) is 14. The van der Waals surface area contributed by atoms with E-state index in [-0.39, 0.29) is 25.2 Å². The molecule has 4 heterocycles. The highest BCUT2D eigenvalue weighted by molar-refractivity contribution is 6.75. The Bertz CT molecular complexity index is 1320. The van der Waals surface area contributed by atoms with Crippen molar-refractivity contribution in [3.05, 3.63) is 36.4 Å². The summed E-state index contributed by atoms with van der Waals surface area (Å²) < 4.78 is 80.9. The Morgan fingerprint density at radius 1 is 0.407 bits per heavy atom. The molecule has 0 bridgehead atoms. The third-order valence-corrected chi connectivity index (χ3v) is 15.0. The van der Waals surface area contributed by atoms with E-state index in [2.05, 4.69) is 0 Å². The second-order valence-electron chi connectivity index (χ2n) is 13.3. The molecule has 4 saturated heterocycles. The summed E-state index contributed by atoms with van der Waals surface area (Å²) in [7, 11) is 3.52. The van der Waals surface area contributed by atoms with Gasteiger partial charge in [-0.2, -0.15) is 0 Å². The lowest BCUT2D eigenvalue weighted by molar-refractivity contribution is -0.118. The molecule has 4 aliphatic heterocycles. The maximum Gasteiger partial charge on any atom is 0.536 e. The van der Waals surface area contributed by atoms with Gasteiger partial charge >= 0.3 is 17.6 Å². The Kier molecular flexibility index (Phi) is 17.3. The lowest BCUT2D eigenvalue weighted by Crippen LogP contribution is -2.54. The normalized spacial score (nSPS) is 23.8. The summed E-state index contributed by atoms with van der Waals surface area (Å²) in [6, 6.07) is 11.3. The van der Waals surface area contributed by atoms with E-state index < -0.39 is 17.6 Å². The fourth-order valence-corrected chi connectivity index (χ4v) is 10.4. The summed E-state index contributed by atoms with van der Waals surface area (Å²) in [6.07, 6.45) is 11.0. The smallest absolute Gasteiger partial charge is 0.465 e. The van der Waals surface area contributed by atoms with Gasteiger partial charge in [0.2, 0.25) is 0 Å². The molecule has 304 valence electrons. The predicted molar refractivity (Wildman–Crippen MR) is 203 cm³/mol. The van der Waals surface area contributed by atoms with Crippen LogP contribution < -0.4 is 29.3 Å². The summed E-state index contributed by atoms with van der Waals surface area (Å²) in [5.41, 5.74) is 0. The van der Waals surface area contributed by atoms with E-state index in [0.29, 0.717) is 29.6 Å². The second-order valence-corrected chi connectivity index (χ2v) is 19.2. The van der Waals surface area contributed by atoms with Crippen molar-refractivity contribution in [2.75, 3.05) is 69.1 Å². The summed E-state index contributed by atoms with van der Waals surface area (Å²) in [5.74, 6) is 2.52. The van der Waals surface area contributed by atoms with E-state index in [9.17, 15) is 0 Å². The van der Waals surface area contributed by atoms with Gasteiger partial charge in [0, 0.05) is 84.8 Å². The van der Waals surface area contributed by atoms with Gasteiger partial charge < -0.3 is 64.5 Å². The minimum absolute atomic E-state index is 0.253. The molecule has 0 amide bonds. The average Bonchev–Trinajstić information content (AvgIpc) is 3.22. The van der Waals surface area contributed by atoms with Gasteiger partial charge in [0.1, 0.15) is 11.5 Å². The monoisotopic (exact) mass is 796 g/mol. The van der Waals surface area contributed by atoms with Crippen LogP contribution in [-0.2, 0) is 45.5 Å². The van der Waals surface area contributed by atoms with Crippen molar-refractivity contribution >= 4 is 28.0 Å². The minimum Gasteiger partial charge on any atom is -0.465 e. The zero-order valence-corrected chi connectivity index (χ0v) is 34.8. The van der Waals surface area contributed by atoms with Crippen LogP contribution in [0.25, 0.3) is 0 Å². The summed E-state index contributed by atoms with van der Waals surface area (Å²) >= 11 is 0. The van der Waals surface area contributed by atoms with Gasteiger partial charge in [0.15, 0.2) is 36.7 Å². The maximum absolute atomic E-state index is 6.15. The molecule has 0 N–H and O–H groups in total. The SMILES string of the molecule is CO[Si](OC)(OC)c1cc(OC2CCCCO2)cc(OC2CCCCO2)c1.CO[Si](OC)(OC)c1ccc(OC2CCCCO2)c(OC2CCCCO2)c1. The van der Waals surface area contributed by atoms with Crippen LogP contribution in [0.4, 0.5) is 0 Å². The first-order valence-electron chi connectivity index (χ1n) is 19.1.